The van der Waals surface area contributed by atoms with Crippen molar-refractivity contribution in [2.45, 2.75) is 6.18 Å². The van der Waals surface area contributed by atoms with Gasteiger partial charge in [-0.1, -0.05) is 0 Å². The Morgan fingerprint density at radius 3 is 2.88 bits per heavy atom. The van der Waals surface area contributed by atoms with Crippen molar-refractivity contribution in [2.24, 2.45) is 7.05 Å². The highest BCUT2D eigenvalue weighted by molar-refractivity contribution is 5.30. The maximum atomic E-state index is 11.7. The molecule has 0 atom stereocenters. The number of aromatic nitrogens is 2. The predicted octanol–water partition coefficient (Wildman–Crippen LogP) is 0.771. The van der Waals surface area contributed by atoms with Gasteiger partial charge in [0.25, 0.3) is 5.56 Å². The summed E-state index contributed by atoms with van der Waals surface area (Å²) in [6.07, 6.45) is -1.44. The number of alkyl halides is 3. The number of nitrogens with one attached hydrogen (secondary N) is 1. The van der Waals surface area contributed by atoms with Crippen LogP contribution in [0.2, 0.25) is 0 Å². The molecule has 0 saturated carbocycles. The minimum atomic E-state index is -4.33. The number of halogens is 3. The Morgan fingerprint density at radius 1 is 1.53 bits per heavy atom. The lowest BCUT2D eigenvalue weighted by Crippen LogP contribution is -2.25. The molecule has 1 heterocycles. The Morgan fingerprint density at radius 2 is 2.24 bits per heavy atom. The van der Waals surface area contributed by atoms with Gasteiger partial charge in [-0.2, -0.15) is 13.2 Å². The lowest BCUT2D eigenvalue weighted by molar-refractivity contribution is -0.172. The molecule has 17 heavy (non-hydrogen) atoms. The summed E-state index contributed by atoms with van der Waals surface area (Å²) in [5.74, 6) is 0.0885. The molecule has 1 rings (SSSR count). The molecule has 1 aromatic heterocycles. The fourth-order valence-corrected chi connectivity index (χ4v) is 1.05. The van der Waals surface area contributed by atoms with Crippen LogP contribution in [0.25, 0.3) is 0 Å². The van der Waals surface area contributed by atoms with E-state index in [1.165, 1.54) is 17.0 Å². The van der Waals surface area contributed by atoms with E-state index in [1.807, 2.05) is 0 Å². The Balaban J connectivity index is 2.32. The van der Waals surface area contributed by atoms with Crippen molar-refractivity contribution in [1.29, 1.82) is 0 Å². The quantitative estimate of drug-likeness (QED) is 0.785. The van der Waals surface area contributed by atoms with Gasteiger partial charge in [-0.15, -0.1) is 0 Å². The third-order valence-corrected chi connectivity index (χ3v) is 1.82. The molecule has 0 fully saturated rings. The second kappa shape index (κ2) is 5.67. The first kappa shape index (κ1) is 13.5. The molecule has 0 spiro atoms. The van der Waals surface area contributed by atoms with Crippen molar-refractivity contribution >= 4 is 5.82 Å². The largest absolute Gasteiger partial charge is 0.411 e. The summed E-state index contributed by atoms with van der Waals surface area (Å²) >= 11 is 0. The van der Waals surface area contributed by atoms with E-state index < -0.39 is 12.8 Å². The van der Waals surface area contributed by atoms with Crippen LogP contribution < -0.4 is 10.9 Å². The fourth-order valence-electron chi connectivity index (χ4n) is 1.05. The SMILES string of the molecule is Cn1ccnc(NCCOCC(F)(F)F)c1=O. The molecule has 0 aliphatic carbocycles. The van der Waals surface area contributed by atoms with Crippen LogP contribution in [0.15, 0.2) is 17.2 Å². The van der Waals surface area contributed by atoms with Gasteiger partial charge in [0.1, 0.15) is 6.61 Å². The van der Waals surface area contributed by atoms with Crippen LogP contribution in [0.3, 0.4) is 0 Å². The first-order chi connectivity index (χ1) is 7.90. The van der Waals surface area contributed by atoms with Gasteiger partial charge in [0.2, 0.25) is 0 Å². The van der Waals surface area contributed by atoms with Gasteiger partial charge in [-0.3, -0.25) is 4.79 Å². The van der Waals surface area contributed by atoms with Crippen LogP contribution in [-0.4, -0.2) is 35.5 Å². The molecule has 1 N–H and O–H groups in total. The van der Waals surface area contributed by atoms with Gasteiger partial charge < -0.3 is 14.6 Å². The third-order valence-electron chi connectivity index (χ3n) is 1.82. The topological polar surface area (TPSA) is 56.1 Å². The molecule has 0 bridgehead atoms. The highest BCUT2D eigenvalue weighted by atomic mass is 19.4. The monoisotopic (exact) mass is 251 g/mol. The second-order valence-electron chi connectivity index (χ2n) is 3.29. The summed E-state index contributed by atoms with van der Waals surface area (Å²) in [7, 11) is 1.55. The smallest absolute Gasteiger partial charge is 0.370 e. The van der Waals surface area contributed by atoms with E-state index in [2.05, 4.69) is 15.0 Å². The van der Waals surface area contributed by atoms with E-state index in [1.54, 1.807) is 7.05 Å². The molecule has 0 aliphatic rings. The molecule has 96 valence electrons. The van der Waals surface area contributed by atoms with Crippen LogP contribution in [0, 0.1) is 0 Å². The molecule has 0 amide bonds. The third kappa shape index (κ3) is 4.85. The Hall–Kier alpha value is -1.57. The lowest BCUT2D eigenvalue weighted by atomic mass is 10.5. The van der Waals surface area contributed by atoms with Crippen LogP contribution in [0.4, 0.5) is 19.0 Å². The van der Waals surface area contributed by atoms with Gasteiger partial charge in [0, 0.05) is 26.0 Å². The maximum absolute atomic E-state index is 11.7. The minimum absolute atomic E-state index is 0.0856. The van der Waals surface area contributed by atoms with Crippen molar-refractivity contribution in [3.05, 3.63) is 22.7 Å². The second-order valence-corrected chi connectivity index (χ2v) is 3.29. The normalized spacial score (nSPS) is 11.5. The van der Waals surface area contributed by atoms with E-state index in [9.17, 15) is 18.0 Å². The first-order valence-corrected chi connectivity index (χ1v) is 4.80. The Kier molecular flexibility index (Phi) is 4.50. The molecular formula is C9H12F3N3O2. The zero-order valence-electron chi connectivity index (χ0n) is 9.12. The summed E-state index contributed by atoms with van der Waals surface area (Å²) < 4.78 is 40.8. The summed E-state index contributed by atoms with van der Waals surface area (Å²) in [5.41, 5.74) is -0.344. The average molecular weight is 251 g/mol. The Bertz CT molecular complexity index is 417. The molecular weight excluding hydrogens is 239 g/mol. The fraction of sp³-hybridized carbons (Fsp3) is 0.556. The van der Waals surface area contributed by atoms with Gasteiger partial charge in [0.15, 0.2) is 5.82 Å². The van der Waals surface area contributed by atoms with Crippen LogP contribution in [0.5, 0.6) is 0 Å². The van der Waals surface area contributed by atoms with Crippen LogP contribution in [-0.2, 0) is 11.8 Å². The number of aryl methyl sites for hydroxylation is 1. The van der Waals surface area contributed by atoms with Crippen molar-refractivity contribution in [2.75, 3.05) is 25.1 Å². The van der Waals surface area contributed by atoms with E-state index in [4.69, 9.17) is 0 Å². The zero-order valence-corrected chi connectivity index (χ0v) is 9.12. The molecule has 0 unspecified atom stereocenters. The number of anilines is 1. The first-order valence-electron chi connectivity index (χ1n) is 4.80. The number of ether oxygens (including phenoxy) is 1. The molecule has 5 nitrogen and oxygen atoms in total. The highest BCUT2D eigenvalue weighted by Gasteiger charge is 2.27. The molecule has 0 aromatic carbocycles. The van der Waals surface area contributed by atoms with Crippen molar-refractivity contribution in [1.82, 2.24) is 9.55 Å². The summed E-state index contributed by atoms with van der Waals surface area (Å²) in [4.78, 5) is 15.2. The van der Waals surface area contributed by atoms with Crippen molar-refractivity contribution < 1.29 is 17.9 Å². The predicted molar refractivity (Wildman–Crippen MR) is 54.8 cm³/mol. The maximum Gasteiger partial charge on any atom is 0.411 e. The van der Waals surface area contributed by atoms with E-state index in [0.29, 0.717) is 0 Å². The van der Waals surface area contributed by atoms with E-state index in [0.717, 1.165) is 0 Å². The van der Waals surface area contributed by atoms with Crippen LogP contribution in [0.1, 0.15) is 0 Å². The van der Waals surface area contributed by atoms with Gasteiger partial charge in [-0.05, 0) is 0 Å². The molecule has 0 aliphatic heterocycles. The molecule has 1 aromatic rings. The Labute approximate surface area is 95.2 Å². The minimum Gasteiger partial charge on any atom is -0.370 e. The average Bonchev–Trinajstić information content (AvgIpc) is 2.22. The van der Waals surface area contributed by atoms with E-state index in [-0.39, 0.29) is 24.5 Å². The molecule has 0 radical (unpaired) electrons. The highest BCUT2D eigenvalue weighted by Crippen LogP contribution is 2.13. The van der Waals surface area contributed by atoms with Crippen molar-refractivity contribution in [3.63, 3.8) is 0 Å². The number of hydrogen-bond acceptors (Lipinski definition) is 4. The standard InChI is InChI=1S/C9H12F3N3O2/c1-15-4-2-13-7(8(15)16)14-3-5-17-6-9(10,11)12/h2,4H,3,5-6H2,1H3,(H,13,14). The molecule has 0 saturated heterocycles. The number of hydrogen-bond donors (Lipinski definition) is 1. The number of rotatable bonds is 5. The van der Waals surface area contributed by atoms with Gasteiger partial charge in [0.05, 0.1) is 6.61 Å². The van der Waals surface area contributed by atoms with E-state index >= 15 is 0 Å². The summed E-state index contributed by atoms with van der Waals surface area (Å²) in [6.45, 7) is -1.36. The molecule has 8 heteroatoms. The number of nitrogens with zero attached hydrogens (tertiary/aromatic N) is 2. The summed E-state index contributed by atoms with van der Waals surface area (Å²) in [6, 6.07) is 0. The van der Waals surface area contributed by atoms with Crippen LogP contribution >= 0.6 is 0 Å². The zero-order chi connectivity index (χ0) is 12.9. The van der Waals surface area contributed by atoms with Crippen molar-refractivity contribution in [3.8, 4) is 0 Å². The summed E-state index contributed by atoms with van der Waals surface area (Å²) in [5, 5.41) is 2.60. The van der Waals surface area contributed by atoms with Gasteiger partial charge >= 0.3 is 6.18 Å². The lowest BCUT2D eigenvalue weighted by Gasteiger charge is -2.08. The van der Waals surface area contributed by atoms with Gasteiger partial charge in [-0.25, -0.2) is 4.98 Å².